The van der Waals surface area contributed by atoms with Crippen molar-refractivity contribution in [3.63, 3.8) is 0 Å². The quantitative estimate of drug-likeness (QED) is 0.326. The van der Waals surface area contributed by atoms with Gasteiger partial charge < -0.3 is 14.7 Å². The van der Waals surface area contributed by atoms with E-state index in [1.807, 2.05) is 17.5 Å². The molecule has 8 heteroatoms. The number of ketones is 1. The molecule has 1 N–H and O–H groups in total. The number of halogens is 2. The number of benzene rings is 2. The predicted molar refractivity (Wildman–Crippen MR) is 117 cm³/mol. The zero-order valence-electron chi connectivity index (χ0n) is 16.3. The van der Waals surface area contributed by atoms with Crippen LogP contribution in [0.3, 0.4) is 0 Å². The molecule has 1 unspecified atom stereocenters. The molecule has 1 aromatic heterocycles. The van der Waals surface area contributed by atoms with Crippen LogP contribution in [0.25, 0.3) is 5.76 Å². The van der Waals surface area contributed by atoms with Crippen molar-refractivity contribution in [1.82, 2.24) is 4.90 Å². The van der Waals surface area contributed by atoms with Crippen molar-refractivity contribution in [3.8, 4) is 5.75 Å². The van der Waals surface area contributed by atoms with E-state index in [2.05, 4.69) is 0 Å². The summed E-state index contributed by atoms with van der Waals surface area (Å²) in [5.41, 5.74) is 0.0566. The number of carbonyl (C=O) groups excluding carboxylic acids is 2. The summed E-state index contributed by atoms with van der Waals surface area (Å²) in [6, 6.07) is 12.9. The molecule has 5 nitrogen and oxygen atoms in total. The van der Waals surface area contributed by atoms with Gasteiger partial charge in [-0.1, -0.05) is 23.7 Å². The van der Waals surface area contributed by atoms with Crippen molar-refractivity contribution < 1.29 is 23.8 Å². The Morgan fingerprint density at radius 1 is 1.16 bits per heavy atom. The summed E-state index contributed by atoms with van der Waals surface area (Å²) in [5.74, 6) is -2.24. The first kappa shape index (κ1) is 21.1. The van der Waals surface area contributed by atoms with E-state index >= 15 is 0 Å². The fourth-order valence-corrected chi connectivity index (χ4v) is 4.56. The Bertz CT molecular complexity index is 1150. The SMILES string of the molecule is COc1ccc(/C(O)=C2\C(=O)C(=O)N(Cc3cccs3)C2c2c(F)cccc2Cl)cc1. The van der Waals surface area contributed by atoms with Gasteiger partial charge in [0.05, 0.1) is 25.3 Å². The Hall–Kier alpha value is -3.16. The second-order valence-electron chi connectivity index (χ2n) is 6.87. The lowest BCUT2D eigenvalue weighted by Gasteiger charge is -2.26. The fraction of sp³-hybridized carbons (Fsp3) is 0.130. The highest BCUT2D eigenvalue weighted by Gasteiger charge is 2.47. The van der Waals surface area contributed by atoms with Crippen LogP contribution in [0.1, 0.15) is 22.0 Å². The van der Waals surface area contributed by atoms with E-state index in [1.165, 1.54) is 41.5 Å². The summed E-state index contributed by atoms with van der Waals surface area (Å²) in [6.07, 6.45) is 0. The largest absolute Gasteiger partial charge is 0.507 e. The molecule has 0 radical (unpaired) electrons. The zero-order valence-corrected chi connectivity index (χ0v) is 17.9. The summed E-state index contributed by atoms with van der Waals surface area (Å²) in [5, 5.41) is 12.9. The summed E-state index contributed by atoms with van der Waals surface area (Å²) in [4.78, 5) is 28.0. The molecule has 31 heavy (non-hydrogen) atoms. The van der Waals surface area contributed by atoms with Gasteiger partial charge in [0, 0.05) is 21.0 Å². The summed E-state index contributed by atoms with van der Waals surface area (Å²) >= 11 is 7.70. The lowest BCUT2D eigenvalue weighted by molar-refractivity contribution is -0.140. The first-order valence-electron chi connectivity index (χ1n) is 9.31. The molecule has 1 atom stereocenters. The average Bonchev–Trinajstić information content (AvgIpc) is 3.36. The van der Waals surface area contributed by atoms with Gasteiger partial charge in [-0.05, 0) is 47.8 Å². The topological polar surface area (TPSA) is 66.8 Å². The van der Waals surface area contributed by atoms with Gasteiger partial charge in [0.15, 0.2) is 0 Å². The van der Waals surface area contributed by atoms with Gasteiger partial charge in [0.25, 0.3) is 11.7 Å². The maximum Gasteiger partial charge on any atom is 0.295 e. The molecular formula is C23H17ClFNO4S. The van der Waals surface area contributed by atoms with E-state index in [0.717, 1.165) is 4.88 Å². The summed E-state index contributed by atoms with van der Waals surface area (Å²) < 4.78 is 20.0. The first-order chi connectivity index (χ1) is 14.9. The third kappa shape index (κ3) is 3.82. The Labute approximate surface area is 187 Å². The molecule has 0 bridgehead atoms. The molecular weight excluding hydrogens is 441 g/mol. The van der Waals surface area contributed by atoms with E-state index in [0.29, 0.717) is 11.3 Å². The van der Waals surface area contributed by atoms with E-state index < -0.39 is 29.3 Å². The fourth-order valence-electron chi connectivity index (χ4n) is 3.59. The number of methoxy groups -OCH3 is 1. The lowest BCUT2D eigenvalue weighted by atomic mass is 9.94. The molecule has 2 heterocycles. The van der Waals surface area contributed by atoms with E-state index in [1.54, 1.807) is 24.3 Å². The number of nitrogens with zero attached hydrogens (tertiary/aromatic N) is 1. The van der Waals surface area contributed by atoms with E-state index in [-0.39, 0.29) is 22.7 Å². The molecule has 1 fully saturated rings. The van der Waals surface area contributed by atoms with Crippen LogP contribution in [0.2, 0.25) is 5.02 Å². The predicted octanol–water partition coefficient (Wildman–Crippen LogP) is 5.17. The number of hydrogen-bond donors (Lipinski definition) is 1. The van der Waals surface area contributed by atoms with Gasteiger partial charge >= 0.3 is 0 Å². The molecule has 0 spiro atoms. The van der Waals surface area contributed by atoms with Crippen LogP contribution >= 0.6 is 22.9 Å². The highest BCUT2D eigenvalue weighted by atomic mass is 35.5. The van der Waals surface area contributed by atoms with Crippen molar-refractivity contribution >= 4 is 40.4 Å². The summed E-state index contributed by atoms with van der Waals surface area (Å²) in [7, 11) is 1.51. The number of Topliss-reactive ketones (excluding diaryl/α,β-unsaturated/α-hetero) is 1. The highest BCUT2D eigenvalue weighted by Crippen LogP contribution is 2.43. The number of ether oxygens (including phenoxy) is 1. The van der Waals surface area contributed by atoms with E-state index in [4.69, 9.17) is 16.3 Å². The summed E-state index contributed by atoms with van der Waals surface area (Å²) in [6.45, 7) is 0.0803. The highest BCUT2D eigenvalue weighted by molar-refractivity contribution is 7.09. The maximum absolute atomic E-state index is 14.9. The molecule has 1 saturated heterocycles. The minimum atomic E-state index is -1.17. The second-order valence-corrected chi connectivity index (χ2v) is 8.31. The van der Waals surface area contributed by atoms with Crippen LogP contribution in [0.5, 0.6) is 5.75 Å². The van der Waals surface area contributed by atoms with Crippen molar-refractivity contribution in [2.45, 2.75) is 12.6 Å². The molecule has 3 aromatic rings. The number of amides is 1. The van der Waals surface area contributed by atoms with Crippen LogP contribution in [0, 0.1) is 5.82 Å². The number of carbonyl (C=O) groups is 2. The van der Waals surface area contributed by atoms with Gasteiger partial charge in [-0.25, -0.2) is 4.39 Å². The van der Waals surface area contributed by atoms with Gasteiger partial charge in [-0.15, -0.1) is 11.3 Å². The van der Waals surface area contributed by atoms with Crippen molar-refractivity contribution in [2.75, 3.05) is 7.11 Å². The monoisotopic (exact) mass is 457 g/mol. The van der Waals surface area contributed by atoms with Crippen molar-refractivity contribution in [1.29, 1.82) is 0 Å². The van der Waals surface area contributed by atoms with Crippen molar-refractivity contribution in [3.05, 3.63) is 92.4 Å². The van der Waals surface area contributed by atoms with Gasteiger partial charge in [-0.2, -0.15) is 0 Å². The average molecular weight is 458 g/mol. The number of hydrogen-bond acceptors (Lipinski definition) is 5. The zero-order chi connectivity index (χ0) is 22.1. The van der Waals surface area contributed by atoms with Crippen molar-refractivity contribution in [2.24, 2.45) is 0 Å². The van der Waals surface area contributed by atoms with Gasteiger partial charge in [-0.3, -0.25) is 9.59 Å². The minimum Gasteiger partial charge on any atom is -0.507 e. The van der Waals surface area contributed by atoms with Crippen LogP contribution in [-0.4, -0.2) is 28.8 Å². The van der Waals surface area contributed by atoms with Crippen LogP contribution in [0.15, 0.2) is 65.6 Å². The number of thiophene rings is 1. The third-order valence-electron chi connectivity index (χ3n) is 5.08. The number of aliphatic hydroxyl groups is 1. The van der Waals surface area contributed by atoms with Crippen LogP contribution in [0.4, 0.5) is 4.39 Å². The molecule has 1 amide bonds. The molecule has 2 aromatic carbocycles. The third-order valence-corrected chi connectivity index (χ3v) is 6.27. The lowest BCUT2D eigenvalue weighted by Crippen LogP contribution is -2.29. The second kappa shape index (κ2) is 8.53. The standard InChI is InChI=1S/C23H17ClFNO4S/c1-30-14-9-7-13(8-10-14)21(27)19-20(18-16(24)5-2-6-17(18)25)26(23(29)22(19)28)12-15-4-3-11-31-15/h2-11,20,27H,12H2,1H3/b21-19+. The number of likely N-dealkylation sites (tertiary alicyclic amines) is 1. The molecule has 0 saturated carbocycles. The molecule has 0 aliphatic carbocycles. The number of rotatable bonds is 5. The van der Waals surface area contributed by atoms with Gasteiger partial charge in [0.1, 0.15) is 17.3 Å². The Kier molecular flexibility index (Phi) is 5.80. The minimum absolute atomic E-state index is 0.0324. The molecule has 1 aliphatic rings. The smallest absolute Gasteiger partial charge is 0.295 e. The van der Waals surface area contributed by atoms with E-state index in [9.17, 15) is 19.1 Å². The maximum atomic E-state index is 14.9. The Morgan fingerprint density at radius 2 is 1.90 bits per heavy atom. The van der Waals surface area contributed by atoms with Crippen LogP contribution in [-0.2, 0) is 16.1 Å². The molecule has 4 rings (SSSR count). The normalized spacial score (nSPS) is 17.9. The van der Waals surface area contributed by atoms with Crippen LogP contribution < -0.4 is 4.74 Å². The molecule has 1 aliphatic heterocycles. The first-order valence-corrected chi connectivity index (χ1v) is 10.6. The Morgan fingerprint density at radius 3 is 2.52 bits per heavy atom. The van der Waals surface area contributed by atoms with Gasteiger partial charge in [0.2, 0.25) is 0 Å². The number of aliphatic hydroxyl groups excluding tert-OH is 1. The molecule has 158 valence electrons. The Balaban J connectivity index is 1.91.